The summed E-state index contributed by atoms with van der Waals surface area (Å²) >= 11 is 1.63. The Hall–Kier alpha value is -1.97. The molecule has 1 aromatic carbocycles. The second-order valence-electron chi connectivity index (χ2n) is 4.32. The minimum absolute atomic E-state index is 0.360. The highest BCUT2D eigenvalue weighted by Crippen LogP contribution is 2.17. The van der Waals surface area contributed by atoms with Gasteiger partial charge in [0.1, 0.15) is 11.6 Å². The number of nitrogens with zero attached hydrogens (tertiary/aromatic N) is 3. The molecule has 5 nitrogen and oxygen atoms in total. The number of thioether (sulfide) groups is 1. The van der Waals surface area contributed by atoms with Crippen molar-refractivity contribution in [3.63, 3.8) is 0 Å². The van der Waals surface area contributed by atoms with Crippen molar-refractivity contribution < 1.29 is 4.74 Å². The predicted molar refractivity (Wildman–Crippen MR) is 84.3 cm³/mol. The first kappa shape index (κ1) is 15.4. The molecule has 1 heterocycles. The van der Waals surface area contributed by atoms with E-state index in [2.05, 4.69) is 22.0 Å². The van der Waals surface area contributed by atoms with Crippen molar-refractivity contribution in [3.05, 3.63) is 35.7 Å². The Morgan fingerprint density at radius 2 is 2.24 bits per heavy atom. The molecule has 0 saturated carbocycles. The molecule has 0 aliphatic carbocycles. The Morgan fingerprint density at radius 1 is 1.38 bits per heavy atom. The zero-order chi connectivity index (χ0) is 15.1. The fourth-order valence-electron chi connectivity index (χ4n) is 1.62. The van der Waals surface area contributed by atoms with E-state index in [0.717, 1.165) is 28.0 Å². The van der Waals surface area contributed by atoms with E-state index in [9.17, 15) is 0 Å². The van der Waals surface area contributed by atoms with Crippen LogP contribution in [0.3, 0.4) is 0 Å². The Bertz CT molecular complexity index is 657. The third-order valence-electron chi connectivity index (χ3n) is 2.80. The summed E-state index contributed by atoms with van der Waals surface area (Å²) in [6, 6.07) is 7.70. The van der Waals surface area contributed by atoms with Gasteiger partial charge >= 0.3 is 0 Å². The molecular weight excluding hydrogens is 284 g/mol. The van der Waals surface area contributed by atoms with Crippen LogP contribution in [0.25, 0.3) is 0 Å². The van der Waals surface area contributed by atoms with Crippen LogP contribution in [-0.2, 0) is 7.05 Å². The van der Waals surface area contributed by atoms with Gasteiger partial charge in [0.2, 0.25) is 0 Å². The zero-order valence-electron chi connectivity index (χ0n) is 12.2. The van der Waals surface area contributed by atoms with Crippen molar-refractivity contribution in [1.29, 1.82) is 0 Å². The van der Waals surface area contributed by atoms with Gasteiger partial charge in [0.15, 0.2) is 5.16 Å². The van der Waals surface area contributed by atoms with E-state index in [1.807, 2.05) is 42.8 Å². The van der Waals surface area contributed by atoms with E-state index in [1.54, 1.807) is 11.8 Å². The highest BCUT2D eigenvalue weighted by atomic mass is 32.2. The number of rotatable bonds is 5. The van der Waals surface area contributed by atoms with Crippen LogP contribution < -0.4 is 10.5 Å². The van der Waals surface area contributed by atoms with E-state index in [-0.39, 0.29) is 0 Å². The maximum absolute atomic E-state index is 5.72. The highest BCUT2D eigenvalue weighted by molar-refractivity contribution is 7.99. The molecule has 2 rings (SSSR count). The van der Waals surface area contributed by atoms with Crippen LogP contribution in [0.4, 0.5) is 0 Å². The monoisotopic (exact) mass is 302 g/mol. The predicted octanol–water partition coefficient (Wildman–Crippen LogP) is 1.60. The van der Waals surface area contributed by atoms with Gasteiger partial charge in [0.05, 0.1) is 13.2 Å². The molecule has 0 spiro atoms. The lowest BCUT2D eigenvalue weighted by Crippen LogP contribution is -2.02. The number of hydrogen-bond donors (Lipinski definition) is 1. The highest BCUT2D eigenvalue weighted by Gasteiger charge is 2.05. The third-order valence-corrected chi connectivity index (χ3v) is 3.79. The smallest absolute Gasteiger partial charge is 0.191 e. The fraction of sp³-hybridized carbons (Fsp3) is 0.333. The molecule has 6 heteroatoms. The van der Waals surface area contributed by atoms with Crippen LogP contribution in [-0.4, -0.2) is 33.7 Å². The molecular formula is C15H18N4OS. The Kier molecular flexibility index (Phi) is 5.67. The summed E-state index contributed by atoms with van der Waals surface area (Å²) in [6.07, 6.45) is 0. The first-order valence-corrected chi connectivity index (χ1v) is 7.60. The summed E-state index contributed by atoms with van der Waals surface area (Å²) in [4.78, 5) is 0. The number of ether oxygens (including phenoxy) is 1. The summed E-state index contributed by atoms with van der Waals surface area (Å²) in [6.45, 7) is 2.89. The minimum atomic E-state index is 0.360. The first-order valence-electron chi connectivity index (χ1n) is 6.61. The summed E-state index contributed by atoms with van der Waals surface area (Å²) in [5.74, 6) is 8.35. The molecule has 0 atom stereocenters. The molecule has 0 amide bonds. The van der Waals surface area contributed by atoms with Crippen LogP contribution >= 0.6 is 11.8 Å². The number of aromatic nitrogens is 3. The number of aryl methyl sites for hydroxylation is 1. The summed E-state index contributed by atoms with van der Waals surface area (Å²) in [5, 5.41) is 9.02. The quantitative estimate of drug-likeness (QED) is 0.516. The van der Waals surface area contributed by atoms with Crippen molar-refractivity contribution in [2.45, 2.75) is 12.1 Å². The van der Waals surface area contributed by atoms with Crippen molar-refractivity contribution in [1.82, 2.24) is 14.8 Å². The van der Waals surface area contributed by atoms with Gasteiger partial charge in [-0.3, -0.25) is 0 Å². The molecule has 0 aliphatic heterocycles. The van der Waals surface area contributed by atoms with E-state index >= 15 is 0 Å². The molecule has 21 heavy (non-hydrogen) atoms. The largest absolute Gasteiger partial charge is 0.493 e. The zero-order valence-corrected chi connectivity index (χ0v) is 13.0. The molecule has 0 fully saturated rings. The third kappa shape index (κ3) is 4.52. The van der Waals surface area contributed by atoms with Gasteiger partial charge < -0.3 is 15.0 Å². The summed E-state index contributed by atoms with van der Waals surface area (Å²) < 4.78 is 7.68. The molecule has 0 bridgehead atoms. The van der Waals surface area contributed by atoms with E-state index in [0.29, 0.717) is 13.2 Å². The van der Waals surface area contributed by atoms with Crippen molar-refractivity contribution in [2.75, 3.05) is 18.9 Å². The average molecular weight is 302 g/mol. The van der Waals surface area contributed by atoms with Crippen LogP contribution in [0.1, 0.15) is 11.4 Å². The van der Waals surface area contributed by atoms with Crippen LogP contribution in [0.5, 0.6) is 5.75 Å². The van der Waals surface area contributed by atoms with E-state index in [1.165, 1.54) is 0 Å². The summed E-state index contributed by atoms with van der Waals surface area (Å²) in [5.41, 5.74) is 6.27. The van der Waals surface area contributed by atoms with E-state index < -0.39 is 0 Å². The molecule has 1 aromatic heterocycles. The number of nitrogens with two attached hydrogens (primary N) is 1. The van der Waals surface area contributed by atoms with Crippen molar-refractivity contribution in [2.24, 2.45) is 12.8 Å². The Balaban J connectivity index is 1.82. The van der Waals surface area contributed by atoms with Gasteiger partial charge in [-0.25, -0.2) is 0 Å². The summed E-state index contributed by atoms with van der Waals surface area (Å²) in [7, 11) is 1.96. The lowest BCUT2D eigenvalue weighted by molar-refractivity contribution is 0.343. The van der Waals surface area contributed by atoms with Crippen LogP contribution in [0.15, 0.2) is 29.4 Å². The molecule has 0 radical (unpaired) electrons. The lowest BCUT2D eigenvalue weighted by atomic mass is 10.2. The van der Waals surface area contributed by atoms with Crippen molar-refractivity contribution in [3.8, 4) is 17.6 Å². The maximum atomic E-state index is 5.72. The fourth-order valence-corrected chi connectivity index (χ4v) is 2.40. The minimum Gasteiger partial charge on any atom is -0.493 e. The Morgan fingerprint density at radius 3 is 2.95 bits per heavy atom. The van der Waals surface area contributed by atoms with Gasteiger partial charge in [-0.1, -0.05) is 29.7 Å². The first-order chi connectivity index (χ1) is 10.2. The lowest BCUT2D eigenvalue weighted by Gasteiger charge is -2.06. The van der Waals surface area contributed by atoms with Crippen molar-refractivity contribution >= 4 is 11.8 Å². The van der Waals surface area contributed by atoms with Gasteiger partial charge in [-0.2, -0.15) is 0 Å². The Labute approximate surface area is 128 Å². The number of hydrogen-bond acceptors (Lipinski definition) is 5. The van der Waals surface area contributed by atoms with E-state index in [4.69, 9.17) is 10.5 Å². The SMILES string of the molecule is Cc1nnc(SCCOc2cccc(C#CCN)c2)n1C. The average Bonchev–Trinajstić information content (AvgIpc) is 2.82. The second-order valence-corrected chi connectivity index (χ2v) is 5.38. The normalized spacial score (nSPS) is 10.0. The van der Waals surface area contributed by atoms with Crippen LogP contribution in [0.2, 0.25) is 0 Å². The maximum Gasteiger partial charge on any atom is 0.191 e. The van der Waals surface area contributed by atoms with Gasteiger partial charge in [0, 0.05) is 18.4 Å². The molecule has 2 aromatic rings. The van der Waals surface area contributed by atoms with Gasteiger partial charge in [-0.05, 0) is 25.1 Å². The molecule has 0 unspecified atom stereocenters. The molecule has 0 aliphatic rings. The number of benzene rings is 1. The van der Waals surface area contributed by atoms with Gasteiger partial charge in [-0.15, -0.1) is 10.2 Å². The topological polar surface area (TPSA) is 66.0 Å². The standard InChI is InChI=1S/C15H18N4OS/c1-12-17-18-15(19(12)2)21-10-9-20-14-7-3-5-13(11-14)6-4-8-16/h3,5,7,11H,8-10,16H2,1-2H3. The molecule has 2 N–H and O–H groups in total. The molecule has 0 saturated heterocycles. The van der Waals surface area contributed by atoms with Gasteiger partial charge in [0.25, 0.3) is 0 Å². The second kappa shape index (κ2) is 7.72. The molecule has 110 valence electrons. The van der Waals surface area contributed by atoms with Crippen LogP contribution in [0, 0.1) is 18.8 Å².